The summed E-state index contributed by atoms with van der Waals surface area (Å²) in [6.45, 7) is -0.370. The molecule has 0 radical (unpaired) electrons. The summed E-state index contributed by atoms with van der Waals surface area (Å²) in [4.78, 5) is 13.0. The summed E-state index contributed by atoms with van der Waals surface area (Å²) in [5.41, 5.74) is -0.643. The van der Waals surface area contributed by atoms with Crippen molar-refractivity contribution in [3.8, 4) is 0 Å². The maximum atomic E-state index is 13.4. The van der Waals surface area contributed by atoms with Crippen molar-refractivity contribution in [1.29, 1.82) is 0 Å². The molecule has 1 aromatic carbocycles. The number of benzene rings is 1. The molecule has 0 atom stereocenters. The lowest BCUT2D eigenvalue weighted by Crippen LogP contribution is -2.24. The molecule has 9 heteroatoms. The van der Waals surface area contributed by atoms with E-state index < -0.39 is 27.2 Å². The second-order valence-corrected chi connectivity index (χ2v) is 6.25. The predicted octanol–water partition coefficient (Wildman–Crippen LogP) is 1.78. The SMILES string of the molecule is O=c1[nH]cc(S(=O)(=O)NCc2ccc(F)cc2F)cc1Cl. The van der Waals surface area contributed by atoms with Crippen LogP contribution in [0.15, 0.2) is 40.2 Å². The van der Waals surface area contributed by atoms with E-state index >= 15 is 0 Å². The van der Waals surface area contributed by atoms with Gasteiger partial charge in [-0.25, -0.2) is 21.9 Å². The fourth-order valence-corrected chi connectivity index (χ4v) is 2.75. The molecule has 0 unspecified atom stereocenters. The van der Waals surface area contributed by atoms with Crippen LogP contribution in [0, 0.1) is 11.6 Å². The first-order chi connectivity index (χ1) is 9.79. The van der Waals surface area contributed by atoms with Crippen LogP contribution < -0.4 is 10.3 Å². The minimum absolute atomic E-state index is 0.0181. The highest BCUT2D eigenvalue weighted by Crippen LogP contribution is 2.13. The normalized spacial score (nSPS) is 11.6. The molecular weight excluding hydrogens is 326 g/mol. The number of rotatable bonds is 4. The fraction of sp³-hybridized carbons (Fsp3) is 0.0833. The summed E-state index contributed by atoms with van der Waals surface area (Å²) in [6.07, 6.45) is 0.970. The van der Waals surface area contributed by atoms with E-state index in [1.54, 1.807) is 0 Å². The first-order valence-electron chi connectivity index (χ1n) is 5.61. The Kier molecular flexibility index (Phi) is 4.40. The van der Waals surface area contributed by atoms with Crippen LogP contribution in [0.1, 0.15) is 5.56 Å². The van der Waals surface area contributed by atoms with Crippen molar-refractivity contribution >= 4 is 21.6 Å². The zero-order valence-electron chi connectivity index (χ0n) is 10.4. The van der Waals surface area contributed by atoms with E-state index in [0.717, 1.165) is 24.4 Å². The second-order valence-electron chi connectivity index (χ2n) is 4.07. The highest BCUT2D eigenvalue weighted by atomic mass is 35.5. The summed E-state index contributed by atoms with van der Waals surface area (Å²) in [5, 5.41) is -0.286. The summed E-state index contributed by atoms with van der Waals surface area (Å²) in [7, 11) is -3.99. The molecule has 1 heterocycles. The molecule has 0 amide bonds. The van der Waals surface area contributed by atoms with Gasteiger partial charge in [-0.15, -0.1) is 0 Å². The Labute approximate surface area is 123 Å². The number of aromatic nitrogens is 1. The van der Waals surface area contributed by atoms with Gasteiger partial charge in [0.15, 0.2) is 0 Å². The maximum Gasteiger partial charge on any atom is 0.266 e. The molecule has 2 aromatic rings. The lowest BCUT2D eigenvalue weighted by atomic mass is 10.2. The number of pyridine rings is 1. The predicted molar refractivity (Wildman–Crippen MR) is 72.5 cm³/mol. The Morgan fingerprint density at radius 1 is 1.24 bits per heavy atom. The number of halogens is 3. The standard InChI is InChI=1S/C12H9ClF2N2O3S/c13-10-4-9(6-16-12(10)18)21(19,20)17-5-7-1-2-8(14)3-11(7)15/h1-4,6,17H,5H2,(H,16,18). The van der Waals surface area contributed by atoms with E-state index in [1.807, 2.05) is 0 Å². The lowest BCUT2D eigenvalue weighted by Gasteiger charge is -2.07. The monoisotopic (exact) mass is 334 g/mol. The number of aromatic amines is 1. The van der Waals surface area contributed by atoms with Gasteiger partial charge in [0.05, 0.1) is 4.90 Å². The Hall–Kier alpha value is -1.77. The highest BCUT2D eigenvalue weighted by Gasteiger charge is 2.16. The van der Waals surface area contributed by atoms with Gasteiger partial charge in [0.2, 0.25) is 10.0 Å². The Morgan fingerprint density at radius 2 is 1.95 bits per heavy atom. The Morgan fingerprint density at radius 3 is 2.57 bits per heavy atom. The average Bonchev–Trinajstić information content (AvgIpc) is 2.40. The van der Waals surface area contributed by atoms with Crippen molar-refractivity contribution in [3.05, 3.63) is 63.0 Å². The first kappa shape index (κ1) is 15.6. The van der Waals surface area contributed by atoms with E-state index in [1.165, 1.54) is 0 Å². The van der Waals surface area contributed by atoms with Crippen LogP contribution in [0.3, 0.4) is 0 Å². The molecule has 1 aromatic heterocycles. The minimum atomic E-state index is -3.99. The third-order valence-electron chi connectivity index (χ3n) is 2.61. The van der Waals surface area contributed by atoms with Crippen molar-refractivity contribution in [2.45, 2.75) is 11.4 Å². The smallest absolute Gasteiger partial charge is 0.266 e. The zero-order valence-corrected chi connectivity index (χ0v) is 11.9. The van der Waals surface area contributed by atoms with Gasteiger partial charge in [0, 0.05) is 24.4 Å². The molecule has 0 aliphatic rings. The van der Waals surface area contributed by atoms with Gasteiger partial charge in [0.25, 0.3) is 5.56 Å². The molecule has 0 saturated carbocycles. The topological polar surface area (TPSA) is 79.0 Å². The molecule has 0 aliphatic carbocycles. The summed E-state index contributed by atoms with van der Waals surface area (Å²) >= 11 is 5.54. The van der Waals surface area contributed by atoms with Gasteiger partial charge < -0.3 is 4.98 Å². The number of H-pyrrole nitrogens is 1. The van der Waals surface area contributed by atoms with Crippen molar-refractivity contribution in [3.63, 3.8) is 0 Å². The van der Waals surface area contributed by atoms with E-state index in [4.69, 9.17) is 11.6 Å². The Bertz CT molecular complexity index is 837. The third-order valence-corrected chi connectivity index (χ3v) is 4.27. The number of hydrogen-bond acceptors (Lipinski definition) is 3. The molecule has 0 bridgehead atoms. The number of hydrogen-bond donors (Lipinski definition) is 2. The van der Waals surface area contributed by atoms with Crippen LogP contribution in [0.4, 0.5) is 8.78 Å². The quantitative estimate of drug-likeness (QED) is 0.894. The molecule has 0 aliphatic heterocycles. The summed E-state index contributed by atoms with van der Waals surface area (Å²) < 4.78 is 52.2. The zero-order chi connectivity index (χ0) is 15.6. The molecule has 112 valence electrons. The molecule has 5 nitrogen and oxygen atoms in total. The summed E-state index contributed by atoms with van der Waals surface area (Å²) in [6, 6.07) is 3.78. The molecular formula is C12H9ClF2N2O3S. The van der Waals surface area contributed by atoms with Gasteiger partial charge in [-0.1, -0.05) is 17.7 Å². The van der Waals surface area contributed by atoms with E-state index in [0.29, 0.717) is 6.07 Å². The van der Waals surface area contributed by atoms with Gasteiger partial charge in [-0.3, -0.25) is 4.79 Å². The number of sulfonamides is 1. The molecule has 0 fully saturated rings. The molecule has 2 N–H and O–H groups in total. The highest BCUT2D eigenvalue weighted by molar-refractivity contribution is 7.89. The second kappa shape index (κ2) is 5.92. The molecule has 21 heavy (non-hydrogen) atoms. The maximum absolute atomic E-state index is 13.4. The first-order valence-corrected chi connectivity index (χ1v) is 7.47. The lowest BCUT2D eigenvalue weighted by molar-refractivity contribution is 0.562. The van der Waals surface area contributed by atoms with Crippen LogP contribution in [-0.4, -0.2) is 13.4 Å². The van der Waals surface area contributed by atoms with Crippen LogP contribution >= 0.6 is 11.6 Å². The van der Waals surface area contributed by atoms with Gasteiger partial charge in [-0.2, -0.15) is 0 Å². The van der Waals surface area contributed by atoms with Gasteiger partial charge in [0.1, 0.15) is 16.7 Å². The van der Waals surface area contributed by atoms with Gasteiger partial charge in [-0.05, 0) is 12.1 Å². The molecule has 2 rings (SSSR count). The van der Waals surface area contributed by atoms with Crippen LogP contribution in [0.5, 0.6) is 0 Å². The molecule has 0 spiro atoms. The van der Waals surface area contributed by atoms with Crippen LogP contribution in [0.25, 0.3) is 0 Å². The van der Waals surface area contributed by atoms with Crippen LogP contribution in [0.2, 0.25) is 5.02 Å². The Balaban J connectivity index is 2.21. The fourth-order valence-electron chi connectivity index (χ4n) is 1.51. The van der Waals surface area contributed by atoms with E-state index in [9.17, 15) is 22.0 Å². The van der Waals surface area contributed by atoms with E-state index in [-0.39, 0.29) is 22.0 Å². The van der Waals surface area contributed by atoms with Crippen molar-refractivity contribution in [2.75, 3.05) is 0 Å². The van der Waals surface area contributed by atoms with Crippen molar-refractivity contribution in [1.82, 2.24) is 9.71 Å². The van der Waals surface area contributed by atoms with Gasteiger partial charge >= 0.3 is 0 Å². The van der Waals surface area contributed by atoms with Crippen molar-refractivity contribution in [2.24, 2.45) is 0 Å². The average molecular weight is 335 g/mol. The largest absolute Gasteiger partial charge is 0.326 e. The third kappa shape index (κ3) is 3.66. The minimum Gasteiger partial charge on any atom is -0.326 e. The molecule has 0 saturated heterocycles. The number of nitrogens with one attached hydrogen (secondary N) is 2. The van der Waals surface area contributed by atoms with Crippen LogP contribution in [-0.2, 0) is 16.6 Å². The summed E-state index contributed by atoms with van der Waals surface area (Å²) in [5.74, 6) is -1.62. The van der Waals surface area contributed by atoms with E-state index in [2.05, 4.69) is 9.71 Å². The van der Waals surface area contributed by atoms with Crippen molar-refractivity contribution < 1.29 is 17.2 Å².